The van der Waals surface area contributed by atoms with E-state index in [1.807, 2.05) is 50.2 Å². The number of aryl methyl sites for hydroxylation is 1. The molecular weight excluding hydrogens is 262 g/mol. The predicted molar refractivity (Wildman–Crippen MR) is 84.4 cm³/mol. The Hall–Kier alpha value is -2.26. The number of nitrogens with two attached hydrogens (primary N) is 1. The maximum Gasteiger partial charge on any atom is 0.171 e. The van der Waals surface area contributed by atoms with Crippen LogP contribution in [-0.4, -0.2) is 6.04 Å². The normalized spacial score (nSPS) is 14.0. The smallest absolute Gasteiger partial charge is 0.171 e. The summed E-state index contributed by atoms with van der Waals surface area (Å²) in [6.07, 6.45) is -0.301. The van der Waals surface area contributed by atoms with Gasteiger partial charge in [0.15, 0.2) is 6.10 Å². The summed E-state index contributed by atoms with van der Waals surface area (Å²) in [6, 6.07) is 17.9. The molecule has 0 saturated carbocycles. The Morgan fingerprint density at radius 2 is 1.76 bits per heavy atom. The number of hydrogen-bond donors (Lipinski definition) is 1. The van der Waals surface area contributed by atoms with Gasteiger partial charge in [0, 0.05) is 11.4 Å². The Balaban J connectivity index is 1.99. The molecule has 0 aliphatic heterocycles. The molecule has 1 heterocycles. The van der Waals surface area contributed by atoms with Crippen molar-refractivity contribution in [3.63, 3.8) is 0 Å². The summed E-state index contributed by atoms with van der Waals surface area (Å²) in [5, 5.41) is 2.22. The molecule has 0 bridgehead atoms. The van der Waals surface area contributed by atoms with Crippen molar-refractivity contribution >= 4 is 10.8 Å². The molecule has 2 atom stereocenters. The first-order valence-corrected chi connectivity index (χ1v) is 7.11. The van der Waals surface area contributed by atoms with Crippen LogP contribution in [0.25, 0.3) is 10.8 Å². The maximum atomic E-state index is 6.17. The minimum Gasteiger partial charge on any atom is -0.480 e. The Bertz CT molecular complexity index is 740. The van der Waals surface area contributed by atoms with Crippen LogP contribution in [0.4, 0.5) is 0 Å². The van der Waals surface area contributed by atoms with Crippen molar-refractivity contribution in [2.75, 3.05) is 0 Å². The lowest BCUT2D eigenvalue weighted by molar-refractivity contribution is 0.154. The van der Waals surface area contributed by atoms with Crippen LogP contribution in [-0.2, 0) is 0 Å². The number of fused-ring (bicyclic) bond motifs is 1. The van der Waals surface area contributed by atoms with Crippen LogP contribution < -0.4 is 10.5 Å². The summed E-state index contributed by atoms with van der Waals surface area (Å²) in [6.45, 7) is 3.84. The third-order valence-corrected chi connectivity index (χ3v) is 3.52. The Morgan fingerprint density at radius 3 is 2.48 bits per heavy atom. The van der Waals surface area contributed by atoms with E-state index in [1.165, 1.54) is 0 Å². The summed E-state index contributed by atoms with van der Waals surface area (Å²) in [5.41, 5.74) is 6.08. The highest BCUT2D eigenvalue weighted by Crippen LogP contribution is 2.31. The van der Waals surface area contributed by atoms with Gasteiger partial charge in [-0.05, 0) is 37.4 Å². The second-order valence-corrected chi connectivity index (χ2v) is 5.32. The minimum absolute atomic E-state index is 0.172. The monoisotopic (exact) mass is 281 g/mol. The van der Waals surface area contributed by atoms with Crippen molar-refractivity contribution in [1.29, 1.82) is 0 Å². The van der Waals surface area contributed by atoms with E-state index in [-0.39, 0.29) is 12.1 Å². The lowest BCUT2D eigenvalue weighted by atomic mass is 10.1. The highest BCUT2D eigenvalue weighted by molar-refractivity contribution is 5.88. The van der Waals surface area contributed by atoms with E-state index >= 15 is 0 Å². The SMILES string of the molecule is Cc1ccc(C(Oc2cccc3ccccc23)C(C)N)o1. The molecule has 21 heavy (non-hydrogen) atoms. The van der Waals surface area contributed by atoms with Gasteiger partial charge in [-0.15, -0.1) is 0 Å². The van der Waals surface area contributed by atoms with Gasteiger partial charge in [-0.25, -0.2) is 0 Å². The second kappa shape index (κ2) is 5.62. The fourth-order valence-corrected chi connectivity index (χ4v) is 2.47. The van der Waals surface area contributed by atoms with Crippen LogP contribution in [0.3, 0.4) is 0 Å². The third-order valence-electron chi connectivity index (χ3n) is 3.52. The summed E-state index contributed by atoms with van der Waals surface area (Å²) in [5.74, 6) is 2.44. The van der Waals surface area contributed by atoms with E-state index in [4.69, 9.17) is 14.9 Å². The fraction of sp³-hybridized carbons (Fsp3) is 0.222. The molecule has 3 rings (SSSR count). The van der Waals surface area contributed by atoms with E-state index in [2.05, 4.69) is 18.2 Å². The van der Waals surface area contributed by atoms with Crippen LogP contribution in [0, 0.1) is 6.92 Å². The maximum absolute atomic E-state index is 6.17. The van der Waals surface area contributed by atoms with Crippen molar-refractivity contribution in [3.05, 3.63) is 66.1 Å². The topological polar surface area (TPSA) is 48.4 Å². The van der Waals surface area contributed by atoms with Gasteiger partial charge in [-0.1, -0.05) is 36.4 Å². The highest BCUT2D eigenvalue weighted by atomic mass is 16.5. The number of ether oxygens (including phenoxy) is 1. The zero-order valence-electron chi connectivity index (χ0n) is 12.2. The summed E-state index contributed by atoms with van der Waals surface area (Å²) in [4.78, 5) is 0. The molecule has 0 spiro atoms. The van der Waals surface area contributed by atoms with E-state index in [0.29, 0.717) is 0 Å². The average Bonchev–Trinajstić information content (AvgIpc) is 2.90. The number of furan rings is 1. The van der Waals surface area contributed by atoms with Crippen LogP contribution in [0.5, 0.6) is 5.75 Å². The van der Waals surface area contributed by atoms with Gasteiger partial charge >= 0.3 is 0 Å². The second-order valence-electron chi connectivity index (χ2n) is 5.32. The summed E-state index contributed by atoms with van der Waals surface area (Å²) >= 11 is 0. The first-order valence-electron chi connectivity index (χ1n) is 7.11. The standard InChI is InChI=1S/C18H19NO2/c1-12-10-11-17(20-12)18(13(2)19)21-16-9-5-7-14-6-3-4-8-15(14)16/h3-11,13,18H,19H2,1-2H3. The zero-order valence-corrected chi connectivity index (χ0v) is 12.2. The molecule has 0 aliphatic rings. The lowest BCUT2D eigenvalue weighted by Gasteiger charge is -2.21. The predicted octanol–water partition coefficient (Wildman–Crippen LogP) is 4.21. The van der Waals surface area contributed by atoms with E-state index in [0.717, 1.165) is 28.0 Å². The molecule has 2 unspecified atom stereocenters. The van der Waals surface area contributed by atoms with Gasteiger partial charge in [0.2, 0.25) is 0 Å². The molecule has 1 aromatic heterocycles. The van der Waals surface area contributed by atoms with E-state index < -0.39 is 0 Å². The first-order chi connectivity index (χ1) is 10.1. The molecule has 0 saturated heterocycles. The van der Waals surface area contributed by atoms with Crippen molar-refractivity contribution in [1.82, 2.24) is 0 Å². The Labute approximate surface area is 124 Å². The Morgan fingerprint density at radius 1 is 1.00 bits per heavy atom. The van der Waals surface area contributed by atoms with Crippen LogP contribution in [0.2, 0.25) is 0 Å². The highest BCUT2D eigenvalue weighted by Gasteiger charge is 2.22. The molecule has 108 valence electrons. The molecule has 0 aliphatic carbocycles. The number of hydrogen-bond acceptors (Lipinski definition) is 3. The van der Waals surface area contributed by atoms with E-state index in [1.54, 1.807) is 0 Å². The molecule has 0 radical (unpaired) electrons. The van der Waals surface area contributed by atoms with Gasteiger partial charge < -0.3 is 14.9 Å². The minimum atomic E-state index is -0.301. The molecule has 3 heteroatoms. The molecule has 0 fully saturated rings. The number of rotatable bonds is 4. The van der Waals surface area contributed by atoms with Gasteiger partial charge in [0.1, 0.15) is 17.3 Å². The lowest BCUT2D eigenvalue weighted by Crippen LogP contribution is -2.28. The Kier molecular flexibility index (Phi) is 3.67. The molecule has 0 amide bonds. The van der Waals surface area contributed by atoms with Crippen molar-refractivity contribution in [2.45, 2.75) is 26.0 Å². The average molecular weight is 281 g/mol. The summed E-state index contributed by atoms with van der Waals surface area (Å²) in [7, 11) is 0. The molecular formula is C18H19NO2. The van der Waals surface area contributed by atoms with Crippen LogP contribution >= 0.6 is 0 Å². The van der Waals surface area contributed by atoms with Crippen molar-refractivity contribution in [2.24, 2.45) is 5.73 Å². The third kappa shape index (κ3) is 2.78. The van der Waals surface area contributed by atoms with Crippen molar-refractivity contribution in [3.8, 4) is 5.75 Å². The fourth-order valence-electron chi connectivity index (χ4n) is 2.47. The molecule has 3 aromatic rings. The van der Waals surface area contributed by atoms with Crippen molar-refractivity contribution < 1.29 is 9.15 Å². The van der Waals surface area contributed by atoms with Crippen LogP contribution in [0.15, 0.2) is 59.0 Å². The van der Waals surface area contributed by atoms with Gasteiger partial charge in [0.25, 0.3) is 0 Å². The zero-order chi connectivity index (χ0) is 14.8. The first kappa shape index (κ1) is 13.7. The van der Waals surface area contributed by atoms with Gasteiger partial charge in [-0.2, -0.15) is 0 Å². The number of benzene rings is 2. The van der Waals surface area contributed by atoms with E-state index in [9.17, 15) is 0 Å². The largest absolute Gasteiger partial charge is 0.480 e. The van der Waals surface area contributed by atoms with Gasteiger partial charge in [-0.3, -0.25) is 0 Å². The summed E-state index contributed by atoms with van der Waals surface area (Å²) < 4.78 is 11.9. The molecule has 3 nitrogen and oxygen atoms in total. The molecule has 2 aromatic carbocycles. The molecule has 2 N–H and O–H groups in total. The quantitative estimate of drug-likeness (QED) is 0.779. The van der Waals surface area contributed by atoms with Gasteiger partial charge in [0.05, 0.1) is 0 Å². The van der Waals surface area contributed by atoms with Crippen LogP contribution in [0.1, 0.15) is 24.5 Å².